The first kappa shape index (κ1) is 21.0. The van der Waals surface area contributed by atoms with E-state index in [4.69, 9.17) is 16.3 Å². The number of aryl methyl sites for hydroxylation is 1. The van der Waals surface area contributed by atoms with Gasteiger partial charge in [0.2, 0.25) is 20.0 Å². The normalized spacial score (nSPS) is 12.2. The quantitative estimate of drug-likeness (QED) is 0.684. The van der Waals surface area contributed by atoms with Crippen LogP contribution in [0.3, 0.4) is 0 Å². The van der Waals surface area contributed by atoms with Gasteiger partial charge in [0.15, 0.2) is 0 Å². The van der Waals surface area contributed by atoms with Gasteiger partial charge in [0.05, 0.1) is 24.8 Å². The van der Waals surface area contributed by atoms with E-state index in [1.807, 2.05) is 0 Å². The summed E-state index contributed by atoms with van der Waals surface area (Å²) in [5, 5.41) is 0.452. The number of benzene rings is 1. The van der Waals surface area contributed by atoms with Crippen molar-refractivity contribution >= 4 is 37.3 Å². The largest absolute Gasteiger partial charge is 0.494 e. The van der Waals surface area contributed by atoms with Gasteiger partial charge in [-0.3, -0.25) is 4.31 Å². The van der Waals surface area contributed by atoms with E-state index in [9.17, 15) is 16.8 Å². The molecule has 0 amide bonds. The molecule has 24 heavy (non-hydrogen) atoms. The fourth-order valence-electron chi connectivity index (χ4n) is 2.11. The van der Waals surface area contributed by atoms with Crippen molar-refractivity contribution in [2.45, 2.75) is 20.3 Å². The number of sulfonamides is 2. The molecular formula is C14H23ClN2O5S2. The molecule has 7 nitrogen and oxygen atoms in total. The number of anilines is 1. The average molecular weight is 399 g/mol. The highest BCUT2D eigenvalue weighted by molar-refractivity contribution is 7.92. The van der Waals surface area contributed by atoms with Crippen molar-refractivity contribution in [3.63, 3.8) is 0 Å². The maximum absolute atomic E-state index is 12.1. The standard InChI is InChI=1S/C14H23ClN2O5S2/c1-5-8-24(20,21)16-6-7-17(23(4,18)19)13-9-11(2)12(15)10-14(13)22-3/h9-10,16H,5-8H2,1-4H3. The smallest absolute Gasteiger partial charge is 0.232 e. The van der Waals surface area contributed by atoms with Crippen molar-refractivity contribution in [1.29, 1.82) is 0 Å². The zero-order valence-corrected chi connectivity index (χ0v) is 16.6. The van der Waals surface area contributed by atoms with Crippen LogP contribution in [0, 0.1) is 6.92 Å². The lowest BCUT2D eigenvalue weighted by atomic mass is 10.2. The van der Waals surface area contributed by atoms with Crippen LogP contribution in [-0.4, -0.2) is 49.0 Å². The van der Waals surface area contributed by atoms with Crippen molar-refractivity contribution in [3.8, 4) is 5.75 Å². The maximum Gasteiger partial charge on any atom is 0.232 e. The van der Waals surface area contributed by atoms with Crippen LogP contribution in [0.25, 0.3) is 0 Å². The van der Waals surface area contributed by atoms with Crippen LogP contribution < -0.4 is 13.8 Å². The molecule has 0 aromatic heterocycles. The third kappa shape index (κ3) is 5.80. The van der Waals surface area contributed by atoms with E-state index in [2.05, 4.69) is 4.72 Å². The lowest BCUT2D eigenvalue weighted by molar-refractivity contribution is 0.415. The second-order valence-electron chi connectivity index (χ2n) is 5.32. The third-order valence-electron chi connectivity index (χ3n) is 3.24. The van der Waals surface area contributed by atoms with E-state index < -0.39 is 20.0 Å². The van der Waals surface area contributed by atoms with Crippen molar-refractivity contribution < 1.29 is 21.6 Å². The van der Waals surface area contributed by atoms with E-state index in [1.54, 1.807) is 19.9 Å². The number of nitrogens with one attached hydrogen (secondary N) is 1. The SMILES string of the molecule is CCCS(=O)(=O)NCCN(c1cc(C)c(Cl)cc1OC)S(C)(=O)=O. The Morgan fingerprint density at radius 1 is 1.25 bits per heavy atom. The zero-order valence-electron chi connectivity index (χ0n) is 14.2. The summed E-state index contributed by atoms with van der Waals surface area (Å²) in [5.74, 6) is 0.294. The first-order chi connectivity index (χ1) is 11.0. The minimum absolute atomic E-state index is 0.00471. The van der Waals surface area contributed by atoms with Crippen LogP contribution >= 0.6 is 11.6 Å². The van der Waals surface area contributed by atoms with Crippen molar-refractivity contribution in [3.05, 3.63) is 22.7 Å². The number of rotatable bonds is 9. The van der Waals surface area contributed by atoms with E-state index in [0.29, 0.717) is 28.4 Å². The summed E-state index contributed by atoms with van der Waals surface area (Å²) in [4.78, 5) is 0. The summed E-state index contributed by atoms with van der Waals surface area (Å²) in [6.07, 6.45) is 1.53. The third-order valence-corrected chi connectivity index (χ3v) is 6.42. The highest BCUT2D eigenvalue weighted by Crippen LogP contribution is 2.34. The predicted molar refractivity (Wildman–Crippen MR) is 97.0 cm³/mol. The molecule has 0 atom stereocenters. The molecule has 0 saturated carbocycles. The molecule has 0 spiro atoms. The van der Waals surface area contributed by atoms with Gasteiger partial charge in [-0.2, -0.15) is 0 Å². The lowest BCUT2D eigenvalue weighted by Crippen LogP contribution is -2.39. The number of nitrogens with zero attached hydrogens (tertiary/aromatic N) is 1. The zero-order chi connectivity index (χ0) is 18.5. The molecule has 0 heterocycles. The summed E-state index contributed by atoms with van der Waals surface area (Å²) in [5.41, 5.74) is 1.00. The molecule has 0 saturated heterocycles. The molecule has 138 valence electrons. The second kappa shape index (κ2) is 8.37. The van der Waals surface area contributed by atoms with Crippen LogP contribution in [0.1, 0.15) is 18.9 Å². The van der Waals surface area contributed by atoms with Gasteiger partial charge in [-0.25, -0.2) is 21.6 Å². The van der Waals surface area contributed by atoms with Gasteiger partial charge in [-0.15, -0.1) is 0 Å². The Hall–Kier alpha value is -1.03. The second-order valence-corrected chi connectivity index (χ2v) is 9.56. The molecule has 0 aliphatic carbocycles. The molecule has 0 radical (unpaired) electrons. The lowest BCUT2D eigenvalue weighted by Gasteiger charge is -2.25. The van der Waals surface area contributed by atoms with Crippen LogP contribution in [0.15, 0.2) is 12.1 Å². The van der Waals surface area contributed by atoms with Crippen molar-refractivity contribution in [2.75, 3.05) is 36.5 Å². The Bertz CT molecular complexity index is 779. The topological polar surface area (TPSA) is 92.8 Å². The van der Waals surface area contributed by atoms with Crippen molar-refractivity contribution in [1.82, 2.24) is 4.72 Å². The number of halogens is 1. The molecule has 1 N–H and O–H groups in total. The monoisotopic (exact) mass is 398 g/mol. The highest BCUT2D eigenvalue weighted by atomic mass is 35.5. The van der Waals surface area contributed by atoms with E-state index in [0.717, 1.165) is 10.6 Å². The van der Waals surface area contributed by atoms with Crippen LogP contribution in [0.2, 0.25) is 5.02 Å². The summed E-state index contributed by atoms with van der Waals surface area (Å²) in [6.45, 7) is 3.40. The summed E-state index contributed by atoms with van der Waals surface area (Å²) in [6, 6.07) is 3.13. The van der Waals surface area contributed by atoms with E-state index in [1.165, 1.54) is 13.2 Å². The van der Waals surface area contributed by atoms with Gasteiger partial charge in [-0.05, 0) is 25.0 Å². The van der Waals surface area contributed by atoms with Gasteiger partial charge in [0.25, 0.3) is 0 Å². The molecule has 0 aliphatic rings. The molecule has 0 fully saturated rings. The number of hydrogen-bond donors (Lipinski definition) is 1. The Kier molecular flexibility index (Phi) is 7.33. The highest BCUT2D eigenvalue weighted by Gasteiger charge is 2.22. The molecule has 1 aromatic rings. The van der Waals surface area contributed by atoms with Gasteiger partial charge in [0, 0.05) is 24.2 Å². The van der Waals surface area contributed by atoms with Crippen LogP contribution in [-0.2, 0) is 20.0 Å². The Labute approximate surface area is 149 Å². The predicted octanol–water partition coefficient (Wildman–Crippen LogP) is 1.75. The summed E-state index contributed by atoms with van der Waals surface area (Å²) < 4.78 is 56.4. The summed E-state index contributed by atoms with van der Waals surface area (Å²) in [7, 11) is -5.63. The van der Waals surface area contributed by atoms with E-state index >= 15 is 0 Å². The fourth-order valence-corrected chi connectivity index (χ4v) is 4.28. The molecule has 1 aromatic carbocycles. The van der Waals surface area contributed by atoms with Gasteiger partial charge in [0.1, 0.15) is 5.75 Å². The molecule has 1 rings (SSSR count). The number of hydrogen-bond acceptors (Lipinski definition) is 5. The molecule has 0 bridgehead atoms. The Morgan fingerprint density at radius 3 is 2.38 bits per heavy atom. The fraction of sp³-hybridized carbons (Fsp3) is 0.571. The minimum atomic E-state index is -3.63. The Morgan fingerprint density at radius 2 is 1.88 bits per heavy atom. The molecule has 0 unspecified atom stereocenters. The van der Waals surface area contributed by atoms with Crippen LogP contribution in [0.4, 0.5) is 5.69 Å². The molecule has 0 aliphatic heterocycles. The maximum atomic E-state index is 12.1. The number of ether oxygens (including phenoxy) is 1. The molecular weight excluding hydrogens is 376 g/mol. The van der Waals surface area contributed by atoms with Crippen molar-refractivity contribution in [2.24, 2.45) is 0 Å². The van der Waals surface area contributed by atoms with Crippen LogP contribution in [0.5, 0.6) is 5.75 Å². The first-order valence-corrected chi connectivity index (χ1v) is 11.2. The Balaban J connectivity index is 3.11. The first-order valence-electron chi connectivity index (χ1n) is 7.31. The number of methoxy groups -OCH3 is 1. The van der Waals surface area contributed by atoms with Gasteiger partial charge >= 0.3 is 0 Å². The average Bonchev–Trinajstić information content (AvgIpc) is 2.45. The van der Waals surface area contributed by atoms with Gasteiger partial charge < -0.3 is 4.74 Å². The summed E-state index contributed by atoms with van der Waals surface area (Å²) >= 11 is 6.04. The molecule has 10 heteroatoms. The van der Waals surface area contributed by atoms with Gasteiger partial charge in [-0.1, -0.05) is 18.5 Å². The minimum Gasteiger partial charge on any atom is -0.494 e. The van der Waals surface area contributed by atoms with E-state index in [-0.39, 0.29) is 18.8 Å².